The first-order valence-electron chi connectivity index (χ1n) is 6.28. The van der Waals surface area contributed by atoms with Gasteiger partial charge in [-0.2, -0.15) is 0 Å². The molecule has 90 valence electrons. The summed E-state index contributed by atoms with van der Waals surface area (Å²) in [6.45, 7) is 2.68. The van der Waals surface area contributed by atoms with E-state index in [4.69, 9.17) is 0 Å². The molecule has 1 fully saturated rings. The van der Waals surface area contributed by atoms with Crippen molar-refractivity contribution >= 4 is 0 Å². The van der Waals surface area contributed by atoms with Gasteiger partial charge in [0.05, 0.1) is 55.4 Å². The maximum Gasteiger partial charge on any atom is 0.0783 e. The third-order valence-electron chi connectivity index (χ3n) is 3.41. The summed E-state index contributed by atoms with van der Waals surface area (Å²) in [4.78, 5) is 0. The molecular weight excluding hydrogens is 184 g/mol. The lowest BCUT2D eigenvalue weighted by atomic mass is 10.1. The fraction of sp³-hybridized carbons (Fsp3) is 1.00. The average Bonchev–Trinajstić information content (AvgIpc) is 2.73. The molecule has 0 heterocycles. The summed E-state index contributed by atoms with van der Waals surface area (Å²) < 4.78 is 2.25. The van der Waals surface area contributed by atoms with E-state index in [0.29, 0.717) is 0 Å². The van der Waals surface area contributed by atoms with Crippen LogP contribution in [0.1, 0.15) is 19.3 Å². The third-order valence-corrected chi connectivity index (χ3v) is 3.41. The number of quaternary nitrogens is 2. The van der Waals surface area contributed by atoms with Crippen molar-refractivity contribution in [3.63, 3.8) is 0 Å². The lowest BCUT2D eigenvalue weighted by molar-refractivity contribution is -0.871. The van der Waals surface area contributed by atoms with E-state index in [-0.39, 0.29) is 0 Å². The molecule has 1 rings (SSSR count). The second-order valence-corrected chi connectivity index (χ2v) is 7.36. The van der Waals surface area contributed by atoms with Crippen molar-refractivity contribution in [3.05, 3.63) is 0 Å². The highest BCUT2D eigenvalue weighted by Gasteiger charge is 2.38. The second kappa shape index (κ2) is 4.42. The Morgan fingerprint density at radius 2 is 1.07 bits per heavy atom. The minimum Gasteiger partial charge on any atom is -0.331 e. The van der Waals surface area contributed by atoms with Crippen molar-refractivity contribution in [2.75, 3.05) is 55.4 Å². The van der Waals surface area contributed by atoms with Gasteiger partial charge >= 0.3 is 0 Å². The Bertz CT molecular complexity index is 176. The molecule has 1 aliphatic carbocycles. The van der Waals surface area contributed by atoms with Crippen molar-refractivity contribution in [3.8, 4) is 0 Å². The molecule has 15 heavy (non-hydrogen) atoms. The fourth-order valence-corrected chi connectivity index (χ4v) is 2.12. The van der Waals surface area contributed by atoms with E-state index in [9.17, 15) is 0 Å². The molecular formula is C13H30N2+2. The normalized spacial score (nSPS) is 26.8. The lowest BCUT2D eigenvalue weighted by Gasteiger charge is -2.24. The quantitative estimate of drug-likeness (QED) is 0.592. The van der Waals surface area contributed by atoms with E-state index >= 15 is 0 Å². The van der Waals surface area contributed by atoms with Gasteiger partial charge in [-0.05, 0) is 31.1 Å². The SMILES string of the molecule is C[N+](C)(C)CC[C@@H]1C[C@H]1CC[N+](C)(C)C. The monoisotopic (exact) mass is 214 g/mol. The molecule has 0 amide bonds. The summed E-state index contributed by atoms with van der Waals surface area (Å²) in [5.41, 5.74) is 0. The Hall–Kier alpha value is -0.0800. The van der Waals surface area contributed by atoms with Crippen molar-refractivity contribution in [2.45, 2.75) is 19.3 Å². The number of nitrogens with zero attached hydrogens (tertiary/aromatic N) is 2. The van der Waals surface area contributed by atoms with E-state index < -0.39 is 0 Å². The van der Waals surface area contributed by atoms with E-state index in [1.165, 1.54) is 32.4 Å². The number of rotatable bonds is 6. The Labute approximate surface area is 96.1 Å². The second-order valence-electron chi connectivity index (χ2n) is 7.36. The molecule has 2 heteroatoms. The van der Waals surface area contributed by atoms with Gasteiger partial charge in [0.2, 0.25) is 0 Å². The van der Waals surface area contributed by atoms with Gasteiger partial charge in [-0.25, -0.2) is 0 Å². The van der Waals surface area contributed by atoms with Crippen LogP contribution >= 0.6 is 0 Å². The number of hydrogen-bond acceptors (Lipinski definition) is 0. The Morgan fingerprint density at radius 3 is 1.33 bits per heavy atom. The molecule has 0 aromatic rings. The van der Waals surface area contributed by atoms with Gasteiger partial charge in [0, 0.05) is 0 Å². The van der Waals surface area contributed by atoms with Crippen LogP contribution < -0.4 is 0 Å². The summed E-state index contributed by atoms with van der Waals surface area (Å²) >= 11 is 0. The third kappa shape index (κ3) is 6.16. The molecule has 0 aromatic heterocycles. The van der Waals surface area contributed by atoms with Crippen LogP contribution in [0.15, 0.2) is 0 Å². The molecule has 0 radical (unpaired) electrons. The molecule has 2 atom stereocenters. The largest absolute Gasteiger partial charge is 0.331 e. The van der Waals surface area contributed by atoms with Crippen LogP contribution in [0.5, 0.6) is 0 Å². The molecule has 1 aliphatic rings. The Morgan fingerprint density at radius 1 is 0.733 bits per heavy atom. The fourth-order valence-electron chi connectivity index (χ4n) is 2.12. The lowest BCUT2D eigenvalue weighted by Crippen LogP contribution is -2.36. The molecule has 2 nitrogen and oxygen atoms in total. The first-order valence-corrected chi connectivity index (χ1v) is 6.28. The molecule has 0 spiro atoms. The predicted molar refractivity (Wildman–Crippen MR) is 66.6 cm³/mol. The zero-order valence-electron chi connectivity index (χ0n) is 11.6. The van der Waals surface area contributed by atoms with E-state index in [2.05, 4.69) is 42.3 Å². The van der Waals surface area contributed by atoms with Gasteiger partial charge in [0.15, 0.2) is 0 Å². The highest BCUT2D eigenvalue weighted by Crippen LogP contribution is 2.44. The number of hydrogen-bond donors (Lipinski definition) is 0. The van der Waals surface area contributed by atoms with Gasteiger partial charge in [-0.1, -0.05) is 0 Å². The summed E-state index contributed by atoms with van der Waals surface area (Å²) in [7, 11) is 13.8. The smallest absolute Gasteiger partial charge is 0.0783 e. The highest BCUT2D eigenvalue weighted by atomic mass is 15.3. The van der Waals surface area contributed by atoms with E-state index in [1.807, 2.05) is 0 Å². The van der Waals surface area contributed by atoms with Crippen molar-refractivity contribution < 1.29 is 8.97 Å². The summed E-state index contributed by atoms with van der Waals surface area (Å²) in [6.07, 6.45) is 4.37. The Kier molecular flexibility index (Phi) is 3.83. The topological polar surface area (TPSA) is 0 Å². The Balaban J connectivity index is 2.08. The maximum absolute atomic E-state index is 2.30. The van der Waals surface area contributed by atoms with Gasteiger partial charge < -0.3 is 8.97 Å². The van der Waals surface area contributed by atoms with Crippen LogP contribution in [0.3, 0.4) is 0 Å². The zero-order chi connectivity index (χ0) is 11.7. The summed E-state index contributed by atoms with van der Waals surface area (Å²) in [5.74, 6) is 2.10. The molecule has 0 unspecified atom stereocenters. The molecule has 0 aromatic carbocycles. The standard InChI is InChI=1S/C13H30N2/c1-14(2,3)9-7-12-11-13(12)8-10-15(4,5)6/h12-13H,7-11H2,1-6H3/q+2/t12-,13-/m1/s1. The maximum atomic E-state index is 2.30. The van der Waals surface area contributed by atoms with Crippen LogP contribution in [-0.2, 0) is 0 Å². The predicted octanol–water partition coefficient (Wildman–Crippen LogP) is 1.82. The van der Waals surface area contributed by atoms with Crippen molar-refractivity contribution in [2.24, 2.45) is 11.8 Å². The molecule has 1 saturated carbocycles. The van der Waals surface area contributed by atoms with Gasteiger partial charge in [0.25, 0.3) is 0 Å². The van der Waals surface area contributed by atoms with Crippen molar-refractivity contribution in [1.29, 1.82) is 0 Å². The first-order chi connectivity index (χ1) is 6.67. The molecule has 0 N–H and O–H groups in total. The first kappa shape index (κ1) is 13.0. The van der Waals surface area contributed by atoms with Crippen LogP contribution in [0, 0.1) is 11.8 Å². The molecule has 0 bridgehead atoms. The van der Waals surface area contributed by atoms with Crippen LogP contribution in [-0.4, -0.2) is 64.3 Å². The average molecular weight is 214 g/mol. The van der Waals surface area contributed by atoms with E-state index in [1.54, 1.807) is 0 Å². The zero-order valence-corrected chi connectivity index (χ0v) is 11.6. The van der Waals surface area contributed by atoms with Gasteiger partial charge in [0.1, 0.15) is 0 Å². The van der Waals surface area contributed by atoms with Crippen LogP contribution in [0.4, 0.5) is 0 Å². The van der Waals surface area contributed by atoms with E-state index in [0.717, 1.165) is 20.8 Å². The highest BCUT2D eigenvalue weighted by molar-refractivity contribution is 4.85. The molecule has 0 aliphatic heterocycles. The van der Waals surface area contributed by atoms with Gasteiger partial charge in [-0.15, -0.1) is 0 Å². The summed E-state index contributed by atoms with van der Waals surface area (Å²) in [6, 6.07) is 0. The minimum atomic E-state index is 1.05. The van der Waals surface area contributed by atoms with Crippen LogP contribution in [0.25, 0.3) is 0 Å². The molecule has 0 saturated heterocycles. The van der Waals surface area contributed by atoms with Gasteiger partial charge in [-0.3, -0.25) is 0 Å². The summed E-state index contributed by atoms with van der Waals surface area (Å²) in [5, 5.41) is 0. The van der Waals surface area contributed by atoms with Crippen molar-refractivity contribution in [1.82, 2.24) is 0 Å². The minimum absolute atomic E-state index is 1.05. The van der Waals surface area contributed by atoms with Crippen LogP contribution in [0.2, 0.25) is 0 Å².